The van der Waals surface area contributed by atoms with E-state index in [1.165, 1.54) is 32.7 Å². The summed E-state index contributed by atoms with van der Waals surface area (Å²) in [5.41, 5.74) is 6.44. The van der Waals surface area contributed by atoms with Crippen molar-refractivity contribution in [1.82, 2.24) is 4.90 Å². The molecule has 1 unspecified atom stereocenters. The lowest BCUT2D eigenvalue weighted by Gasteiger charge is -2.20. The van der Waals surface area contributed by atoms with Crippen LogP contribution in [0.5, 0.6) is 0 Å². The Morgan fingerprint density at radius 2 is 1.24 bits per heavy atom. The van der Waals surface area contributed by atoms with Crippen LogP contribution in [-0.2, 0) is 0 Å². The summed E-state index contributed by atoms with van der Waals surface area (Å²) >= 11 is 1.79. The van der Waals surface area contributed by atoms with Gasteiger partial charge in [0.1, 0.15) is 0 Å². The molecule has 0 fully saturated rings. The van der Waals surface area contributed by atoms with Gasteiger partial charge in [-0.2, -0.15) is 0 Å². The average molecular weight is 348 g/mol. The number of hydrogen-bond donors (Lipinski definition) is 0. The van der Waals surface area contributed by atoms with Gasteiger partial charge in [-0.15, -0.1) is 11.8 Å². The van der Waals surface area contributed by atoms with Crippen LogP contribution in [0, 0.1) is 0 Å². The highest BCUT2D eigenvalue weighted by atomic mass is 32.2. The van der Waals surface area contributed by atoms with Crippen LogP contribution in [0.3, 0.4) is 0 Å². The lowest BCUT2D eigenvalue weighted by molar-refractivity contribution is 0.321. The standard InChI is InChI=1S/C23H25NS/c1-17(24(2)3)18-9-11-19(12-10-18)20-13-15-21(16-14-20)22-7-5-6-8-23(22)25-4/h5-17H,1-4H3. The van der Waals surface area contributed by atoms with Crippen molar-refractivity contribution in [2.75, 3.05) is 20.4 Å². The molecule has 0 aliphatic heterocycles. The van der Waals surface area contributed by atoms with Crippen LogP contribution in [0.2, 0.25) is 0 Å². The van der Waals surface area contributed by atoms with Gasteiger partial charge >= 0.3 is 0 Å². The van der Waals surface area contributed by atoms with Crippen LogP contribution < -0.4 is 0 Å². The average Bonchev–Trinajstić information content (AvgIpc) is 2.67. The molecule has 0 N–H and O–H groups in total. The van der Waals surface area contributed by atoms with Gasteiger partial charge in [0.15, 0.2) is 0 Å². The van der Waals surface area contributed by atoms with Crippen molar-refractivity contribution in [3.8, 4) is 22.3 Å². The summed E-state index contributed by atoms with van der Waals surface area (Å²) < 4.78 is 0. The van der Waals surface area contributed by atoms with Crippen molar-refractivity contribution >= 4 is 11.8 Å². The summed E-state index contributed by atoms with van der Waals surface area (Å²) in [5.74, 6) is 0. The maximum absolute atomic E-state index is 2.23. The summed E-state index contributed by atoms with van der Waals surface area (Å²) in [4.78, 5) is 3.55. The van der Waals surface area contributed by atoms with Gasteiger partial charge in [0.2, 0.25) is 0 Å². The molecule has 128 valence electrons. The molecular weight excluding hydrogens is 322 g/mol. The smallest absolute Gasteiger partial charge is 0.0313 e. The molecule has 0 spiro atoms. The highest BCUT2D eigenvalue weighted by Gasteiger charge is 2.08. The molecule has 0 aliphatic carbocycles. The van der Waals surface area contributed by atoms with E-state index in [1.807, 2.05) is 0 Å². The molecule has 0 saturated heterocycles. The predicted octanol–water partition coefficient (Wildman–Crippen LogP) is 6.37. The van der Waals surface area contributed by atoms with Crippen LogP contribution >= 0.6 is 11.8 Å². The monoisotopic (exact) mass is 347 g/mol. The fourth-order valence-corrected chi connectivity index (χ4v) is 3.60. The van der Waals surface area contributed by atoms with Crippen molar-refractivity contribution in [3.63, 3.8) is 0 Å². The summed E-state index contributed by atoms with van der Waals surface area (Å²) in [6.45, 7) is 2.23. The Bertz CT molecular complexity index is 819. The van der Waals surface area contributed by atoms with Crippen molar-refractivity contribution in [3.05, 3.63) is 78.4 Å². The van der Waals surface area contributed by atoms with Gasteiger partial charge in [-0.25, -0.2) is 0 Å². The summed E-state index contributed by atoms with van der Waals surface area (Å²) in [6.07, 6.45) is 2.13. The second kappa shape index (κ2) is 7.90. The van der Waals surface area contributed by atoms with Crippen molar-refractivity contribution < 1.29 is 0 Å². The number of hydrogen-bond acceptors (Lipinski definition) is 2. The number of rotatable bonds is 5. The van der Waals surface area contributed by atoms with E-state index < -0.39 is 0 Å². The fraction of sp³-hybridized carbons (Fsp3) is 0.217. The zero-order valence-corrected chi connectivity index (χ0v) is 16.2. The minimum absolute atomic E-state index is 0.430. The van der Waals surface area contributed by atoms with Gasteiger partial charge in [-0.05, 0) is 61.2 Å². The van der Waals surface area contributed by atoms with Crippen LogP contribution in [0.4, 0.5) is 0 Å². The molecule has 3 rings (SSSR count). The maximum Gasteiger partial charge on any atom is 0.0313 e. The minimum atomic E-state index is 0.430. The highest BCUT2D eigenvalue weighted by Crippen LogP contribution is 2.31. The van der Waals surface area contributed by atoms with Crippen molar-refractivity contribution in [2.24, 2.45) is 0 Å². The third kappa shape index (κ3) is 3.97. The van der Waals surface area contributed by atoms with Gasteiger partial charge in [0.25, 0.3) is 0 Å². The lowest BCUT2D eigenvalue weighted by Crippen LogP contribution is -2.16. The Morgan fingerprint density at radius 1 is 0.720 bits per heavy atom. The zero-order valence-electron chi connectivity index (χ0n) is 15.4. The molecular formula is C23H25NS. The molecule has 1 nitrogen and oxygen atoms in total. The summed E-state index contributed by atoms with van der Waals surface area (Å²) in [6, 6.07) is 26.8. The first-order valence-corrected chi connectivity index (χ1v) is 9.83. The first-order valence-electron chi connectivity index (χ1n) is 8.60. The Kier molecular flexibility index (Phi) is 5.62. The quantitative estimate of drug-likeness (QED) is 0.494. The third-order valence-corrected chi connectivity index (χ3v) is 5.60. The minimum Gasteiger partial charge on any atom is -0.303 e. The van der Waals surface area contributed by atoms with E-state index in [4.69, 9.17) is 0 Å². The second-order valence-corrected chi connectivity index (χ2v) is 7.39. The molecule has 0 saturated carbocycles. The summed E-state index contributed by atoms with van der Waals surface area (Å²) in [7, 11) is 4.23. The fourth-order valence-electron chi connectivity index (χ4n) is 2.98. The molecule has 0 bridgehead atoms. The topological polar surface area (TPSA) is 3.24 Å². The molecule has 2 heteroatoms. The van der Waals surface area contributed by atoms with Gasteiger partial charge in [0.05, 0.1) is 0 Å². The maximum atomic E-state index is 2.23. The Hall–Kier alpha value is -2.03. The molecule has 0 aliphatic rings. The van der Waals surface area contributed by atoms with Crippen LogP contribution in [0.25, 0.3) is 22.3 Å². The molecule has 3 aromatic carbocycles. The molecule has 0 radical (unpaired) electrons. The van der Waals surface area contributed by atoms with Crippen LogP contribution in [0.1, 0.15) is 18.5 Å². The lowest BCUT2D eigenvalue weighted by atomic mass is 9.98. The zero-order chi connectivity index (χ0) is 17.8. The Labute approximate surface area is 155 Å². The van der Waals surface area contributed by atoms with Gasteiger partial charge < -0.3 is 4.90 Å². The third-order valence-electron chi connectivity index (χ3n) is 4.80. The van der Waals surface area contributed by atoms with Gasteiger partial charge in [0, 0.05) is 10.9 Å². The van der Waals surface area contributed by atoms with E-state index in [9.17, 15) is 0 Å². The van der Waals surface area contributed by atoms with E-state index in [-0.39, 0.29) is 0 Å². The van der Waals surface area contributed by atoms with Gasteiger partial charge in [-0.1, -0.05) is 66.7 Å². The summed E-state index contributed by atoms with van der Waals surface area (Å²) in [5, 5.41) is 0. The number of benzene rings is 3. The van der Waals surface area contributed by atoms with Crippen LogP contribution in [-0.4, -0.2) is 25.3 Å². The first-order chi connectivity index (χ1) is 12.1. The molecule has 1 atom stereocenters. The van der Waals surface area contributed by atoms with E-state index in [0.29, 0.717) is 6.04 Å². The number of nitrogens with zero attached hydrogens (tertiary/aromatic N) is 1. The molecule has 0 amide bonds. The molecule has 0 aromatic heterocycles. The normalized spacial score (nSPS) is 12.4. The highest BCUT2D eigenvalue weighted by molar-refractivity contribution is 7.98. The van der Waals surface area contributed by atoms with Gasteiger partial charge in [-0.3, -0.25) is 0 Å². The van der Waals surface area contributed by atoms with E-state index >= 15 is 0 Å². The van der Waals surface area contributed by atoms with E-state index in [2.05, 4.69) is 105 Å². The molecule has 25 heavy (non-hydrogen) atoms. The first kappa shape index (κ1) is 17.8. The Balaban J connectivity index is 1.85. The molecule has 0 heterocycles. The van der Waals surface area contributed by atoms with Crippen LogP contribution in [0.15, 0.2) is 77.7 Å². The van der Waals surface area contributed by atoms with E-state index in [1.54, 1.807) is 11.8 Å². The van der Waals surface area contributed by atoms with E-state index in [0.717, 1.165) is 0 Å². The second-order valence-electron chi connectivity index (χ2n) is 6.54. The van der Waals surface area contributed by atoms with Crippen molar-refractivity contribution in [2.45, 2.75) is 17.9 Å². The number of thioether (sulfide) groups is 1. The molecule has 3 aromatic rings. The predicted molar refractivity (Wildman–Crippen MR) is 111 cm³/mol. The Morgan fingerprint density at radius 3 is 1.80 bits per heavy atom. The SMILES string of the molecule is CSc1ccccc1-c1ccc(-c2ccc(C(C)N(C)C)cc2)cc1. The van der Waals surface area contributed by atoms with Crippen molar-refractivity contribution in [1.29, 1.82) is 0 Å². The largest absolute Gasteiger partial charge is 0.303 e.